The van der Waals surface area contributed by atoms with E-state index in [0.717, 1.165) is 55.6 Å². The zero-order valence-corrected chi connectivity index (χ0v) is 21.8. The molecule has 0 spiro atoms. The number of nitrogens with one attached hydrogen (secondary N) is 2. The van der Waals surface area contributed by atoms with Crippen molar-refractivity contribution in [1.82, 2.24) is 20.1 Å². The Bertz CT molecular complexity index is 1170. The molecule has 1 aromatic heterocycles. The first kappa shape index (κ1) is 25.0. The summed E-state index contributed by atoms with van der Waals surface area (Å²) in [6, 6.07) is 17.3. The molecular weight excluding hydrogens is 473 g/mol. The molecule has 2 aromatic carbocycles. The summed E-state index contributed by atoms with van der Waals surface area (Å²) in [5.41, 5.74) is 2.10. The number of carbonyl (C=O) groups is 1. The maximum Gasteiger partial charge on any atom is 0.245 e. The molecule has 1 saturated heterocycles. The first-order valence-corrected chi connectivity index (χ1v) is 13.5. The maximum atomic E-state index is 13.2. The second-order valence-electron chi connectivity index (χ2n) is 10.3. The molecule has 36 heavy (non-hydrogen) atoms. The van der Waals surface area contributed by atoms with E-state index in [1.807, 2.05) is 32.0 Å². The number of carbonyl (C=O) groups excluding carboxylic acids is 1. The van der Waals surface area contributed by atoms with Crippen LogP contribution in [0, 0.1) is 5.82 Å². The highest BCUT2D eigenvalue weighted by molar-refractivity contribution is 7.16. The van der Waals surface area contributed by atoms with Gasteiger partial charge in [-0.2, -0.15) is 0 Å². The Hall–Kier alpha value is -2.65. The normalized spacial score (nSPS) is 17.3. The summed E-state index contributed by atoms with van der Waals surface area (Å²) in [6.45, 7) is 9.36. The van der Waals surface area contributed by atoms with E-state index in [9.17, 15) is 9.18 Å². The molecule has 2 heterocycles. The first-order valence-electron chi connectivity index (χ1n) is 12.7. The summed E-state index contributed by atoms with van der Waals surface area (Å²) in [4.78, 5) is 24.3. The summed E-state index contributed by atoms with van der Waals surface area (Å²) in [6.07, 6.45) is 2.70. The van der Waals surface area contributed by atoms with Crippen LogP contribution in [0.3, 0.4) is 0 Å². The SMILES string of the molecule is CC(C)(NCc1ccc(F)cc1)C(=O)Nc1nc(-c2ccccc2)c(CN2CCN(C3CC3)CC2)s1. The van der Waals surface area contributed by atoms with Gasteiger partial charge in [0.25, 0.3) is 0 Å². The third-order valence-corrected chi connectivity index (χ3v) is 7.97. The molecule has 0 unspecified atom stereocenters. The third-order valence-electron chi connectivity index (χ3n) is 7.02. The molecule has 0 bridgehead atoms. The quantitative estimate of drug-likeness (QED) is 0.438. The number of amides is 1. The summed E-state index contributed by atoms with van der Waals surface area (Å²) in [5, 5.41) is 6.94. The van der Waals surface area contributed by atoms with E-state index >= 15 is 0 Å². The fraction of sp³-hybridized carbons (Fsp3) is 0.429. The molecular formula is C28H34FN5OS. The average Bonchev–Trinajstić information content (AvgIpc) is 3.66. The van der Waals surface area contributed by atoms with Crippen molar-refractivity contribution >= 4 is 22.4 Å². The highest BCUT2D eigenvalue weighted by Gasteiger charge is 2.32. The topological polar surface area (TPSA) is 60.5 Å². The van der Waals surface area contributed by atoms with Gasteiger partial charge in [0.05, 0.1) is 11.2 Å². The van der Waals surface area contributed by atoms with E-state index in [1.54, 1.807) is 23.5 Å². The molecule has 190 valence electrons. The Balaban J connectivity index is 1.27. The molecule has 2 aliphatic rings. The number of benzene rings is 2. The highest BCUT2D eigenvalue weighted by Crippen LogP contribution is 2.33. The van der Waals surface area contributed by atoms with Gasteiger partial charge in [-0.25, -0.2) is 9.37 Å². The molecule has 3 aromatic rings. The van der Waals surface area contributed by atoms with Gasteiger partial charge in [-0.15, -0.1) is 0 Å². The van der Waals surface area contributed by atoms with Crippen LogP contribution in [-0.4, -0.2) is 58.5 Å². The van der Waals surface area contributed by atoms with Crippen LogP contribution in [0.1, 0.15) is 37.1 Å². The monoisotopic (exact) mass is 507 g/mol. The number of rotatable bonds is 9. The molecule has 6 nitrogen and oxygen atoms in total. The van der Waals surface area contributed by atoms with E-state index in [1.165, 1.54) is 29.9 Å². The van der Waals surface area contributed by atoms with Gasteiger partial charge in [0.1, 0.15) is 5.82 Å². The highest BCUT2D eigenvalue weighted by atomic mass is 32.1. The summed E-state index contributed by atoms with van der Waals surface area (Å²) >= 11 is 1.56. The van der Waals surface area contributed by atoms with Gasteiger partial charge in [-0.1, -0.05) is 53.8 Å². The minimum absolute atomic E-state index is 0.150. The molecule has 0 atom stereocenters. The van der Waals surface area contributed by atoms with E-state index < -0.39 is 5.54 Å². The molecule has 1 aliphatic carbocycles. The molecule has 5 rings (SSSR count). The molecule has 1 aliphatic heterocycles. The lowest BCUT2D eigenvalue weighted by Crippen LogP contribution is -2.49. The van der Waals surface area contributed by atoms with E-state index in [0.29, 0.717) is 11.7 Å². The molecule has 1 amide bonds. The van der Waals surface area contributed by atoms with Crippen LogP contribution in [0.4, 0.5) is 9.52 Å². The number of hydrogen-bond acceptors (Lipinski definition) is 6. The van der Waals surface area contributed by atoms with Crippen molar-refractivity contribution in [2.24, 2.45) is 0 Å². The second kappa shape index (κ2) is 10.8. The van der Waals surface area contributed by atoms with Crippen molar-refractivity contribution in [3.63, 3.8) is 0 Å². The number of piperazine rings is 1. The number of halogens is 1. The number of aromatic nitrogens is 1. The van der Waals surface area contributed by atoms with Gasteiger partial charge < -0.3 is 5.32 Å². The van der Waals surface area contributed by atoms with E-state index in [4.69, 9.17) is 4.98 Å². The second-order valence-corrected chi connectivity index (χ2v) is 11.3. The Labute approximate surface area is 216 Å². The van der Waals surface area contributed by atoms with Gasteiger partial charge in [0.15, 0.2) is 5.13 Å². The smallest absolute Gasteiger partial charge is 0.245 e. The van der Waals surface area contributed by atoms with Crippen molar-refractivity contribution in [3.8, 4) is 11.3 Å². The van der Waals surface area contributed by atoms with Crippen molar-refractivity contribution in [2.45, 2.75) is 51.4 Å². The van der Waals surface area contributed by atoms with Crippen LogP contribution in [0.2, 0.25) is 0 Å². The number of hydrogen-bond donors (Lipinski definition) is 2. The van der Waals surface area contributed by atoms with Crippen LogP contribution < -0.4 is 10.6 Å². The van der Waals surface area contributed by atoms with E-state index in [2.05, 4.69) is 32.6 Å². The summed E-state index contributed by atoms with van der Waals surface area (Å²) in [5.74, 6) is -0.420. The number of nitrogens with zero attached hydrogens (tertiary/aromatic N) is 3. The largest absolute Gasteiger partial charge is 0.300 e. The average molecular weight is 508 g/mol. The lowest BCUT2D eigenvalue weighted by Gasteiger charge is -2.34. The summed E-state index contributed by atoms with van der Waals surface area (Å²) in [7, 11) is 0. The molecule has 2 fully saturated rings. The number of anilines is 1. The molecule has 2 N–H and O–H groups in total. The van der Waals surface area contributed by atoms with Crippen molar-refractivity contribution in [1.29, 1.82) is 0 Å². The van der Waals surface area contributed by atoms with Crippen LogP contribution in [0.5, 0.6) is 0 Å². The van der Waals surface area contributed by atoms with Crippen LogP contribution in [0.15, 0.2) is 54.6 Å². The standard InChI is InChI=1S/C28H34FN5OS/c1-28(2,30-18-20-8-10-22(29)11-9-20)26(35)32-27-31-25(21-6-4-3-5-7-21)24(36-27)19-33-14-16-34(17-15-33)23-12-13-23/h3-11,23,30H,12-19H2,1-2H3,(H,31,32,35). The Morgan fingerprint density at radius 1 is 1.06 bits per heavy atom. The van der Waals surface area contributed by atoms with Gasteiger partial charge in [-0.3, -0.25) is 19.9 Å². The van der Waals surface area contributed by atoms with Crippen molar-refractivity contribution < 1.29 is 9.18 Å². The zero-order valence-electron chi connectivity index (χ0n) is 21.0. The molecule has 8 heteroatoms. The van der Waals surface area contributed by atoms with Gasteiger partial charge >= 0.3 is 0 Å². The van der Waals surface area contributed by atoms with Gasteiger partial charge in [-0.05, 0) is 44.4 Å². The van der Waals surface area contributed by atoms with E-state index in [-0.39, 0.29) is 11.7 Å². The fourth-order valence-corrected chi connectivity index (χ4v) is 5.54. The lowest BCUT2D eigenvalue weighted by molar-refractivity contribution is -0.121. The summed E-state index contributed by atoms with van der Waals surface area (Å²) < 4.78 is 13.2. The number of thiazole rings is 1. The first-order chi connectivity index (χ1) is 17.4. The van der Waals surface area contributed by atoms with Crippen molar-refractivity contribution in [2.75, 3.05) is 31.5 Å². The molecule has 1 saturated carbocycles. The lowest BCUT2D eigenvalue weighted by atomic mass is 10.0. The Morgan fingerprint density at radius 2 is 1.75 bits per heavy atom. The van der Waals surface area contributed by atoms with Crippen molar-refractivity contribution in [3.05, 3.63) is 70.9 Å². The molecule has 0 radical (unpaired) electrons. The Kier molecular flexibility index (Phi) is 7.48. The zero-order chi connectivity index (χ0) is 25.1. The third kappa shape index (κ3) is 6.18. The van der Waals surface area contributed by atoms with Gasteiger partial charge in [0, 0.05) is 55.8 Å². The van der Waals surface area contributed by atoms with Crippen LogP contribution in [0.25, 0.3) is 11.3 Å². The van der Waals surface area contributed by atoms with Crippen LogP contribution in [-0.2, 0) is 17.9 Å². The predicted octanol–water partition coefficient (Wildman–Crippen LogP) is 4.74. The van der Waals surface area contributed by atoms with Gasteiger partial charge in [0.2, 0.25) is 5.91 Å². The Morgan fingerprint density at radius 3 is 2.42 bits per heavy atom. The fourth-order valence-electron chi connectivity index (χ4n) is 4.52. The van der Waals surface area contributed by atoms with Crippen LogP contribution >= 0.6 is 11.3 Å². The minimum Gasteiger partial charge on any atom is -0.300 e. The predicted molar refractivity (Wildman–Crippen MR) is 143 cm³/mol. The maximum absolute atomic E-state index is 13.2. The minimum atomic E-state index is -0.827.